The summed E-state index contributed by atoms with van der Waals surface area (Å²) in [6.45, 7) is 1.76. The van der Waals surface area contributed by atoms with Crippen molar-refractivity contribution in [2.45, 2.75) is 26.2 Å². The third-order valence-electron chi connectivity index (χ3n) is 2.38. The number of nitrogens with zero attached hydrogens (tertiary/aromatic N) is 3. The van der Waals surface area contributed by atoms with Gasteiger partial charge < -0.3 is 9.84 Å². The van der Waals surface area contributed by atoms with E-state index in [9.17, 15) is 4.79 Å². The monoisotopic (exact) mass is 324 g/mol. The van der Waals surface area contributed by atoms with E-state index in [1.54, 1.807) is 19.2 Å². The molecule has 0 fully saturated rings. The summed E-state index contributed by atoms with van der Waals surface area (Å²) in [6.07, 6.45) is 3.25. The minimum Gasteiger partial charge on any atom is -0.339 e. The molecule has 0 aliphatic rings. The van der Waals surface area contributed by atoms with Crippen molar-refractivity contribution in [1.29, 1.82) is 0 Å². The molecule has 2 aromatic rings. The van der Waals surface area contributed by atoms with Crippen molar-refractivity contribution in [2.75, 3.05) is 5.32 Å². The zero-order valence-corrected chi connectivity index (χ0v) is 12.0. The number of hydrogen-bond acceptors (Lipinski definition) is 5. The topological polar surface area (TPSA) is 80.9 Å². The third-order valence-corrected chi connectivity index (χ3v) is 3.02. The normalized spacial score (nSPS) is 10.4. The Labute approximate surface area is 118 Å². The Bertz CT molecular complexity index is 570. The largest absolute Gasteiger partial charge is 0.339 e. The molecule has 1 N–H and O–H groups in total. The molecule has 7 heteroatoms. The zero-order valence-electron chi connectivity index (χ0n) is 10.4. The molecule has 2 aromatic heterocycles. The van der Waals surface area contributed by atoms with Crippen LogP contribution in [0.15, 0.2) is 27.3 Å². The van der Waals surface area contributed by atoms with E-state index in [2.05, 4.69) is 36.4 Å². The molecule has 0 saturated heterocycles. The lowest BCUT2D eigenvalue weighted by molar-refractivity contribution is -0.116. The molecular weight excluding hydrogens is 312 g/mol. The summed E-state index contributed by atoms with van der Waals surface area (Å²) in [5, 5.41) is 6.43. The Kier molecular flexibility index (Phi) is 4.62. The first kappa shape index (κ1) is 13.7. The standard InChI is InChI=1S/C12H13BrN4O2/c1-8-15-11(19-17-8)6-2-5-10(18)16-12-9(13)4-3-7-14-12/h3-4,7H,2,5-6H2,1H3,(H,14,16,18). The van der Waals surface area contributed by atoms with Crippen LogP contribution in [0.4, 0.5) is 5.82 Å². The van der Waals surface area contributed by atoms with Crippen LogP contribution in [0.3, 0.4) is 0 Å². The lowest BCUT2D eigenvalue weighted by atomic mass is 10.2. The van der Waals surface area contributed by atoms with E-state index in [-0.39, 0.29) is 5.91 Å². The van der Waals surface area contributed by atoms with Gasteiger partial charge in [0.25, 0.3) is 0 Å². The lowest BCUT2D eigenvalue weighted by Gasteiger charge is -2.05. The highest BCUT2D eigenvalue weighted by Crippen LogP contribution is 2.18. The van der Waals surface area contributed by atoms with Crippen molar-refractivity contribution in [3.63, 3.8) is 0 Å². The number of aromatic nitrogens is 3. The van der Waals surface area contributed by atoms with Crippen molar-refractivity contribution in [2.24, 2.45) is 0 Å². The Morgan fingerprint density at radius 2 is 2.37 bits per heavy atom. The van der Waals surface area contributed by atoms with E-state index in [1.807, 2.05) is 6.07 Å². The molecule has 0 saturated carbocycles. The Balaban J connectivity index is 1.77. The highest BCUT2D eigenvalue weighted by Gasteiger charge is 2.08. The van der Waals surface area contributed by atoms with Gasteiger partial charge in [-0.15, -0.1) is 0 Å². The van der Waals surface area contributed by atoms with Gasteiger partial charge in [0.2, 0.25) is 11.8 Å². The van der Waals surface area contributed by atoms with Gasteiger partial charge in [-0.3, -0.25) is 4.79 Å². The summed E-state index contributed by atoms with van der Waals surface area (Å²) in [7, 11) is 0. The van der Waals surface area contributed by atoms with Crippen LogP contribution in [-0.4, -0.2) is 21.0 Å². The number of anilines is 1. The molecule has 0 spiro atoms. The molecule has 19 heavy (non-hydrogen) atoms. The predicted octanol–water partition coefficient (Wildman–Crippen LogP) is 2.50. The highest BCUT2D eigenvalue weighted by molar-refractivity contribution is 9.10. The molecule has 0 radical (unpaired) electrons. The first-order valence-corrected chi connectivity index (χ1v) is 6.64. The van der Waals surface area contributed by atoms with Gasteiger partial charge in [0.15, 0.2) is 5.82 Å². The smallest absolute Gasteiger partial charge is 0.226 e. The molecule has 2 rings (SSSR count). The third kappa shape index (κ3) is 4.13. The second kappa shape index (κ2) is 6.42. The van der Waals surface area contributed by atoms with E-state index >= 15 is 0 Å². The van der Waals surface area contributed by atoms with Crippen molar-refractivity contribution in [3.8, 4) is 0 Å². The molecule has 0 bridgehead atoms. The van der Waals surface area contributed by atoms with Gasteiger partial charge in [0, 0.05) is 19.0 Å². The molecule has 1 amide bonds. The van der Waals surface area contributed by atoms with Crippen molar-refractivity contribution in [3.05, 3.63) is 34.5 Å². The molecule has 0 aliphatic heterocycles. The number of rotatable bonds is 5. The van der Waals surface area contributed by atoms with Crippen molar-refractivity contribution in [1.82, 2.24) is 15.1 Å². The van der Waals surface area contributed by atoms with Gasteiger partial charge >= 0.3 is 0 Å². The zero-order chi connectivity index (χ0) is 13.7. The fourth-order valence-electron chi connectivity index (χ4n) is 1.51. The maximum Gasteiger partial charge on any atom is 0.226 e. The molecule has 100 valence electrons. The SMILES string of the molecule is Cc1noc(CCCC(=O)Nc2ncccc2Br)n1. The first-order chi connectivity index (χ1) is 9.15. The molecule has 0 unspecified atom stereocenters. The quantitative estimate of drug-likeness (QED) is 0.913. The Morgan fingerprint density at radius 1 is 1.53 bits per heavy atom. The van der Waals surface area contributed by atoms with E-state index in [4.69, 9.17) is 4.52 Å². The molecule has 0 aromatic carbocycles. The average Bonchev–Trinajstić information content (AvgIpc) is 2.78. The van der Waals surface area contributed by atoms with E-state index in [0.29, 0.717) is 36.8 Å². The van der Waals surface area contributed by atoms with Crippen LogP contribution in [0.1, 0.15) is 24.6 Å². The fraction of sp³-hybridized carbons (Fsp3) is 0.333. The van der Waals surface area contributed by atoms with E-state index in [0.717, 1.165) is 4.47 Å². The average molecular weight is 325 g/mol. The van der Waals surface area contributed by atoms with Crippen LogP contribution in [0.5, 0.6) is 0 Å². The molecule has 0 atom stereocenters. The molecule has 0 aliphatic carbocycles. The summed E-state index contributed by atoms with van der Waals surface area (Å²) in [6, 6.07) is 3.61. The second-order valence-corrected chi connectivity index (χ2v) is 4.83. The van der Waals surface area contributed by atoms with Gasteiger partial charge in [-0.25, -0.2) is 4.98 Å². The predicted molar refractivity (Wildman–Crippen MR) is 72.5 cm³/mol. The number of amides is 1. The number of pyridine rings is 1. The van der Waals surface area contributed by atoms with Crippen LogP contribution in [0.2, 0.25) is 0 Å². The first-order valence-electron chi connectivity index (χ1n) is 5.84. The van der Waals surface area contributed by atoms with Crippen LogP contribution in [-0.2, 0) is 11.2 Å². The Hall–Kier alpha value is -1.76. The summed E-state index contributed by atoms with van der Waals surface area (Å²) in [5.74, 6) is 1.61. The summed E-state index contributed by atoms with van der Waals surface area (Å²) >= 11 is 3.32. The van der Waals surface area contributed by atoms with Gasteiger partial charge in [0.1, 0.15) is 5.82 Å². The number of carbonyl (C=O) groups excluding carboxylic acids is 1. The Morgan fingerprint density at radius 3 is 3.05 bits per heavy atom. The van der Waals surface area contributed by atoms with Crippen LogP contribution >= 0.6 is 15.9 Å². The fourth-order valence-corrected chi connectivity index (χ4v) is 1.87. The molecular formula is C12H13BrN4O2. The number of halogens is 1. The maximum atomic E-state index is 11.7. The summed E-state index contributed by atoms with van der Waals surface area (Å²) in [5.41, 5.74) is 0. The molecule has 6 nitrogen and oxygen atoms in total. The van der Waals surface area contributed by atoms with Crippen molar-refractivity contribution < 1.29 is 9.32 Å². The van der Waals surface area contributed by atoms with Gasteiger partial charge in [0.05, 0.1) is 4.47 Å². The second-order valence-electron chi connectivity index (χ2n) is 3.97. The minimum absolute atomic E-state index is 0.0874. The van der Waals surface area contributed by atoms with Crippen LogP contribution < -0.4 is 5.32 Å². The van der Waals surface area contributed by atoms with Gasteiger partial charge in [-0.1, -0.05) is 5.16 Å². The van der Waals surface area contributed by atoms with Gasteiger partial charge in [-0.2, -0.15) is 4.98 Å². The highest BCUT2D eigenvalue weighted by atomic mass is 79.9. The number of nitrogens with one attached hydrogen (secondary N) is 1. The van der Waals surface area contributed by atoms with Crippen LogP contribution in [0.25, 0.3) is 0 Å². The van der Waals surface area contributed by atoms with Crippen LogP contribution in [0, 0.1) is 6.92 Å². The van der Waals surface area contributed by atoms with Gasteiger partial charge in [-0.05, 0) is 41.4 Å². The van der Waals surface area contributed by atoms with E-state index in [1.165, 1.54) is 0 Å². The lowest BCUT2D eigenvalue weighted by Crippen LogP contribution is -2.13. The van der Waals surface area contributed by atoms with E-state index < -0.39 is 0 Å². The number of aryl methyl sites for hydroxylation is 2. The summed E-state index contributed by atoms with van der Waals surface area (Å²) in [4.78, 5) is 19.9. The van der Waals surface area contributed by atoms with Crippen molar-refractivity contribution >= 4 is 27.7 Å². The number of hydrogen-bond donors (Lipinski definition) is 1. The minimum atomic E-state index is -0.0874. The molecule has 2 heterocycles. The maximum absolute atomic E-state index is 11.7. The summed E-state index contributed by atoms with van der Waals surface area (Å²) < 4.78 is 5.73. The number of carbonyl (C=O) groups is 1.